The molecule has 0 aliphatic carbocycles. The van der Waals surface area contributed by atoms with E-state index in [1.165, 1.54) is 6.07 Å². The van der Waals surface area contributed by atoms with Crippen molar-refractivity contribution in [2.75, 3.05) is 11.9 Å². The molecule has 0 saturated carbocycles. The lowest BCUT2D eigenvalue weighted by Gasteiger charge is -2.14. The first kappa shape index (κ1) is 12.5. The first-order chi connectivity index (χ1) is 7.17. The lowest BCUT2D eigenvalue weighted by atomic mass is 10.0. The van der Waals surface area contributed by atoms with Gasteiger partial charge in [-0.3, -0.25) is 0 Å². The highest BCUT2D eigenvalue weighted by molar-refractivity contribution is 9.10. The molecule has 1 N–H and O–H groups in total. The Morgan fingerprint density at radius 1 is 1.33 bits per heavy atom. The fraction of sp³-hybridized carbons (Fsp3) is 0.500. The Hall–Kier alpha value is -0.570. The Bertz CT molecular complexity index is 310. The summed E-state index contributed by atoms with van der Waals surface area (Å²) in [7, 11) is 0. The van der Waals surface area contributed by atoms with Crippen LogP contribution >= 0.6 is 15.9 Å². The Balaban J connectivity index is 2.57. The van der Waals surface area contributed by atoms with Gasteiger partial charge in [-0.1, -0.05) is 42.6 Å². The molecule has 0 atom stereocenters. The average Bonchev–Trinajstić information content (AvgIpc) is 2.22. The lowest BCUT2D eigenvalue weighted by molar-refractivity contribution is 0.517. The van der Waals surface area contributed by atoms with E-state index < -0.39 is 0 Å². The molecule has 0 heterocycles. The second-order valence-electron chi connectivity index (χ2n) is 3.69. The molecular formula is C12H17BrFN. The van der Waals surface area contributed by atoms with Gasteiger partial charge in [-0.05, 0) is 24.1 Å². The van der Waals surface area contributed by atoms with Gasteiger partial charge < -0.3 is 5.32 Å². The first-order valence-corrected chi connectivity index (χ1v) is 6.15. The van der Waals surface area contributed by atoms with Gasteiger partial charge in [0.1, 0.15) is 5.82 Å². The summed E-state index contributed by atoms with van der Waals surface area (Å²) in [6.45, 7) is 5.16. The summed E-state index contributed by atoms with van der Waals surface area (Å²) in [5.74, 6) is 0.420. The highest BCUT2D eigenvalue weighted by atomic mass is 79.9. The third kappa shape index (κ3) is 3.82. The van der Waals surface area contributed by atoms with Crippen molar-refractivity contribution in [2.45, 2.75) is 26.7 Å². The van der Waals surface area contributed by atoms with Gasteiger partial charge in [0.05, 0.1) is 5.69 Å². The summed E-state index contributed by atoms with van der Waals surface area (Å²) in [5, 5.41) is 3.15. The summed E-state index contributed by atoms with van der Waals surface area (Å²) in [4.78, 5) is 0. The molecule has 0 amide bonds. The topological polar surface area (TPSA) is 12.0 Å². The third-order valence-electron chi connectivity index (χ3n) is 2.67. The van der Waals surface area contributed by atoms with Crippen molar-refractivity contribution < 1.29 is 4.39 Å². The molecule has 0 aromatic heterocycles. The molecular weight excluding hydrogens is 257 g/mol. The van der Waals surface area contributed by atoms with Gasteiger partial charge in [-0.25, -0.2) is 4.39 Å². The van der Waals surface area contributed by atoms with Crippen LogP contribution in [0.1, 0.15) is 26.7 Å². The molecule has 0 saturated heterocycles. The van der Waals surface area contributed by atoms with Crippen LogP contribution in [0.5, 0.6) is 0 Å². The molecule has 0 spiro atoms. The smallest absolute Gasteiger partial charge is 0.147 e. The van der Waals surface area contributed by atoms with Crippen LogP contribution in [0.25, 0.3) is 0 Å². The minimum Gasteiger partial charge on any atom is -0.382 e. The summed E-state index contributed by atoms with van der Waals surface area (Å²) in [5.41, 5.74) is 0.588. The zero-order chi connectivity index (χ0) is 11.3. The Labute approximate surface area is 99.2 Å². The van der Waals surface area contributed by atoms with E-state index in [0.29, 0.717) is 11.6 Å². The van der Waals surface area contributed by atoms with E-state index in [2.05, 4.69) is 35.1 Å². The van der Waals surface area contributed by atoms with Crippen LogP contribution in [0, 0.1) is 11.7 Å². The summed E-state index contributed by atoms with van der Waals surface area (Å²) in [6.07, 6.45) is 2.25. The predicted octanol–water partition coefficient (Wildman–Crippen LogP) is 4.44. The van der Waals surface area contributed by atoms with Crippen molar-refractivity contribution in [3.8, 4) is 0 Å². The Morgan fingerprint density at radius 2 is 2.00 bits per heavy atom. The molecule has 3 heteroatoms. The molecule has 0 unspecified atom stereocenters. The molecule has 1 aromatic carbocycles. The molecule has 0 radical (unpaired) electrons. The standard InChI is InChI=1S/C12H17BrFN/c1-3-9(4-2)8-15-12-6-5-10(13)7-11(12)14/h5-7,9,15H,3-4,8H2,1-2H3. The van der Waals surface area contributed by atoms with E-state index in [-0.39, 0.29) is 5.82 Å². The Kier molecular flexibility index (Phi) is 5.09. The van der Waals surface area contributed by atoms with Gasteiger partial charge in [0.15, 0.2) is 0 Å². The van der Waals surface area contributed by atoms with Crippen molar-refractivity contribution in [2.24, 2.45) is 5.92 Å². The van der Waals surface area contributed by atoms with Crippen molar-refractivity contribution in [1.29, 1.82) is 0 Å². The third-order valence-corrected chi connectivity index (χ3v) is 3.16. The molecule has 1 rings (SSSR count). The van der Waals surface area contributed by atoms with E-state index in [1.54, 1.807) is 6.07 Å². The number of hydrogen-bond donors (Lipinski definition) is 1. The molecule has 1 aromatic rings. The monoisotopic (exact) mass is 273 g/mol. The van der Waals surface area contributed by atoms with Gasteiger partial charge in [0.25, 0.3) is 0 Å². The highest BCUT2D eigenvalue weighted by Gasteiger charge is 2.06. The fourth-order valence-electron chi connectivity index (χ4n) is 1.46. The van der Waals surface area contributed by atoms with Crippen LogP contribution in [0.15, 0.2) is 22.7 Å². The number of halogens is 2. The number of hydrogen-bond acceptors (Lipinski definition) is 1. The molecule has 0 aliphatic heterocycles. The average molecular weight is 274 g/mol. The molecule has 15 heavy (non-hydrogen) atoms. The quantitative estimate of drug-likeness (QED) is 0.837. The van der Waals surface area contributed by atoms with Gasteiger partial charge in [0, 0.05) is 11.0 Å². The lowest BCUT2D eigenvalue weighted by Crippen LogP contribution is -2.13. The van der Waals surface area contributed by atoms with Gasteiger partial charge in [-0.15, -0.1) is 0 Å². The predicted molar refractivity (Wildman–Crippen MR) is 66.7 cm³/mol. The molecule has 0 fully saturated rings. The second-order valence-corrected chi connectivity index (χ2v) is 4.60. The SMILES string of the molecule is CCC(CC)CNc1ccc(Br)cc1F. The summed E-state index contributed by atoms with van der Waals surface area (Å²) < 4.78 is 14.2. The first-order valence-electron chi connectivity index (χ1n) is 5.36. The Morgan fingerprint density at radius 3 is 2.53 bits per heavy atom. The van der Waals surface area contributed by atoms with Gasteiger partial charge in [0.2, 0.25) is 0 Å². The van der Waals surface area contributed by atoms with E-state index in [1.807, 2.05) is 6.07 Å². The number of nitrogens with one attached hydrogen (secondary N) is 1. The number of benzene rings is 1. The molecule has 84 valence electrons. The fourth-order valence-corrected chi connectivity index (χ4v) is 1.80. The van der Waals surface area contributed by atoms with Crippen LogP contribution in [0.4, 0.5) is 10.1 Å². The van der Waals surface area contributed by atoms with Gasteiger partial charge in [-0.2, -0.15) is 0 Å². The van der Waals surface area contributed by atoms with Crippen molar-refractivity contribution in [3.63, 3.8) is 0 Å². The van der Waals surface area contributed by atoms with Crippen LogP contribution in [0.3, 0.4) is 0 Å². The minimum atomic E-state index is -0.199. The summed E-state index contributed by atoms with van der Waals surface area (Å²) in [6, 6.07) is 5.09. The zero-order valence-corrected chi connectivity index (χ0v) is 10.8. The minimum absolute atomic E-state index is 0.199. The maximum Gasteiger partial charge on any atom is 0.147 e. The second kappa shape index (κ2) is 6.11. The van der Waals surface area contributed by atoms with Crippen molar-refractivity contribution >= 4 is 21.6 Å². The van der Waals surface area contributed by atoms with Gasteiger partial charge >= 0.3 is 0 Å². The van der Waals surface area contributed by atoms with E-state index in [4.69, 9.17) is 0 Å². The zero-order valence-electron chi connectivity index (χ0n) is 9.19. The van der Waals surface area contributed by atoms with E-state index >= 15 is 0 Å². The van der Waals surface area contributed by atoms with Crippen LogP contribution in [-0.4, -0.2) is 6.54 Å². The maximum absolute atomic E-state index is 13.4. The molecule has 0 aliphatic rings. The van der Waals surface area contributed by atoms with E-state index in [9.17, 15) is 4.39 Å². The maximum atomic E-state index is 13.4. The summed E-state index contributed by atoms with van der Waals surface area (Å²) >= 11 is 3.24. The molecule has 1 nitrogen and oxygen atoms in total. The van der Waals surface area contributed by atoms with Crippen LogP contribution in [0.2, 0.25) is 0 Å². The normalized spacial score (nSPS) is 10.7. The highest BCUT2D eigenvalue weighted by Crippen LogP contribution is 2.20. The van der Waals surface area contributed by atoms with Crippen LogP contribution in [-0.2, 0) is 0 Å². The van der Waals surface area contributed by atoms with E-state index in [0.717, 1.165) is 23.9 Å². The van der Waals surface area contributed by atoms with Crippen LogP contribution < -0.4 is 5.32 Å². The largest absolute Gasteiger partial charge is 0.382 e. The number of anilines is 1. The van der Waals surface area contributed by atoms with Crippen molar-refractivity contribution in [3.05, 3.63) is 28.5 Å². The van der Waals surface area contributed by atoms with Crippen molar-refractivity contribution in [1.82, 2.24) is 0 Å². The number of rotatable bonds is 5. The molecule has 0 bridgehead atoms.